The van der Waals surface area contributed by atoms with Crippen molar-refractivity contribution in [1.82, 2.24) is 10.6 Å². The lowest BCUT2D eigenvalue weighted by Crippen LogP contribution is -2.38. The Bertz CT molecular complexity index is 810. The number of hydrogen-bond donors (Lipinski definition) is 2. The Morgan fingerprint density at radius 3 is 2.50 bits per heavy atom. The van der Waals surface area contributed by atoms with Crippen LogP contribution in [0.3, 0.4) is 0 Å². The number of hydrogen-bond acceptors (Lipinski definition) is 4. The van der Waals surface area contributed by atoms with E-state index in [4.69, 9.17) is 21.7 Å². The third-order valence-corrected chi connectivity index (χ3v) is 4.50. The Hall–Kier alpha value is -2.12. The van der Waals surface area contributed by atoms with E-state index in [1.165, 1.54) is 0 Å². The molecule has 0 aliphatic carbocycles. The summed E-state index contributed by atoms with van der Waals surface area (Å²) in [5, 5.41) is 6.00. The number of ether oxygens (including phenoxy) is 2. The van der Waals surface area contributed by atoms with Crippen LogP contribution in [0, 0.1) is 0 Å². The second-order valence-electron chi connectivity index (χ2n) is 6.44. The van der Waals surface area contributed by atoms with Gasteiger partial charge in [0.05, 0.1) is 17.2 Å². The van der Waals surface area contributed by atoms with E-state index < -0.39 is 0 Å². The maximum atomic E-state index is 12.4. The van der Waals surface area contributed by atoms with Crippen LogP contribution in [0.4, 0.5) is 0 Å². The molecule has 28 heavy (non-hydrogen) atoms. The van der Waals surface area contributed by atoms with E-state index in [1.807, 2.05) is 45.0 Å². The van der Waals surface area contributed by atoms with Gasteiger partial charge in [-0.15, -0.1) is 0 Å². The molecule has 0 aliphatic heterocycles. The van der Waals surface area contributed by atoms with Crippen LogP contribution in [0.2, 0.25) is 0 Å². The number of rotatable bonds is 8. The standard InChI is InChI=1S/C21H25BrN2O3S/c1-4-11-26-19-10-7-16(12-18(19)22)20(25)24-21(28)23-13-15-5-8-17(9-6-15)27-14(2)3/h5-10,12,14H,4,11,13H2,1-3H3,(H2,23,24,25,28). The van der Waals surface area contributed by atoms with Gasteiger partial charge in [-0.2, -0.15) is 0 Å². The van der Waals surface area contributed by atoms with Gasteiger partial charge in [-0.1, -0.05) is 19.1 Å². The molecule has 0 heterocycles. The Kier molecular flexibility index (Phi) is 8.73. The molecule has 0 aliphatic rings. The van der Waals surface area contributed by atoms with E-state index in [2.05, 4.69) is 26.6 Å². The Morgan fingerprint density at radius 1 is 1.18 bits per heavy atom. The van der Waals surface area contributed by atoms with Crippen molar-refractivity contribution in [3.8, 4) is 11.5 Å². The number of thiocarbonyl (C=S) groups is 1. The normalized spacial score (nSPS) is 10.5. The Labute approximate surface area is 179 Å². The van der Waals surface area contributed by atoms with Gasteiger partial charge in [-0.25, -0.2) is 0 Å². The van der Waals surface area contributed by atoms with Gasteiger partial charge in [0, 0.05) is 12.1 Å². The third kappa shape index (κ3) is 7.13. The van der Waals surface area contributed by atoms with Crippen molar-refractivity contribution < 1.29 is 14.3 Å². The minimum atomic E-state index is -0.277. The summed E-state index contributed by atoms with van der Waals surface area (Å²) < 4.78 is 11.9. The molecule has 2 aromatic rings. The molecular weight excluding hydrogens is 440 g/mol. The van der Waals surface area contributed by atoms with Crippen LogP contribution in [0.5, 0.6) is 11.5 Å². The molecule has 2 aromatic carbocycles. The molecule has 7 heteroatoms. The molecular formula is C21H25BrN2O3S. The zero-order chi connectivity index (χ0) is 20.5. The van der Waals surface area contributed by atoms with Gasteiger partial charge in [0.2, 0.25) is 0 Å². The summed E-state index contributed by atoms with van der Waals surface area (Å²) in [6, 6.07) is 12.9. The first-order chi connectivity index (χ1) is 13.4. The number of amides is 1. The van der Waals surface area contributed by atoms with Crippen molar-refractivity contribution in [2.24, 2.45) is 0 Å². The van der Waals surface area contributed by atoms with E-state index in [-0.39, 0.29) is 17.1 Å². The molecule has 0 atom stereocenters. The van der Waals surface area contributed by atoms with Gasteiger partial charge < -0.3 is 14.8 Å². The van der Waals surface area contributed by atoms with Gasteiger partial charge in [0.25, 0.3) is 5.91 Å². The first-order valence-electron chi connectivity index (χ1n) is 9.16. The van der Waals surface area contributed by atoms with Crippen LogP contribution < -0.4 is 20.1 Å². The average Bonchev–Trinajstić information content (AvgIpc) is 2.66. The Balaban J connectivity index is 1.85. The van der Waals surface area contributed by atoms with Crippen LogP contribution >= 0.6 is 28.1 Å². The summed E-state index contributed by atoms with van der Waals surface area (Å²) in [6.07, 6.45) is 1.06. The maximum Gasteiger partial charge on any atom is 0.257 e. The van der Waals surface area contributed by atoms with Crippen molar-refractivity contribution in [1.29, 1.82) is 0 Å². The monoisotopic (exact) mass is 464 g/mol. The van der Waals surface area contributed by atoms with E-state index in [9.17, 15) is 4.79 Å². The number of carbonyl (C=O) groups is 1. The van der Waals surface area contributed by atoms with E-state index in [1.54, 1.807) is 18.2 Å². The lowest BCUT2D eigenvalue weighted by Gasteiger charge is -2.12. The molecule has 0 saturated carbocycles. The molecule has 5 nitrogen and oxygen atoms in total. The van der Waals surface area contributed by atoms with E-state index >= 15 is 0 Å². The van der Waals surface area contributed by atoms with Gasteiger partial charge in [-0.05, 0) is 84.3 Å². The first kappa shape index (κ1) is 22.2. The van der Waals surface area contributed by atoms with Gasteiger partial charge in [0.15, 0.2) is 5.11 Å². The van der Waals surface area contributed by atoms with Crippen LogP contribution in [-0.2, 0) is 6.54 Å². The molecule has 0 unspecified atom stereocenters. The van der Waals surface area contributed by atoms with Gasteiger partial charge in [0.1, 0.15) is 11.5 Å². The second kappa shape index (κ2) is 11.0. The summed E-state index contributed by atoms with van der Waals surface area (Å²) in [5.41, 5.74) is 1.53. The summed E-state index contributed by atoms with van der Waals surface area (Å²) in [5.74, 6) is 1.26. The zero-order valence-electron chi connectivity index (χ0n) is 16.3. The average molecular weight is 465 g/mol. The third-order valence-electron chi connectivity index (χ3n) is 3.63. The molecule has 0 radical (unpaired) electrons. The van der Waals surface area contributed by atoms with E-state index in [0.717, 1.165) is 22.2 Å². The zero-order valence-corrected chi connectivity index (χ0v) is 18.7. The van der Waals surface area contributed by atoms with Crippen molar-refractivity contribution in [3.63, 3.8) is 0 Å². The fourth-order valence-electron chi connectivity index (χ4n) is 2.33. The fraction of sp³-hybridized carbons (Fsp3) is 0.333. The smallest absolute Gasteiger partial charge is 0.257 e. The molecule has 0 aromatic heterocycles. The molecule has 0 bridgehead atoms. The summed E-state index contributed by atoms with van der Waals surface area (Å²) in [6.45, 7) is 7.15. The van der Waals surface area contributed by atoms with Crippen molar-refractivity contribution >= 4 is 39.2 Å². The molecule has 0 saturated heterocycles. The van der Waals surface area contributed by atoms with Crippen molar-refractivity contribution in [3.05, 3.63) is 58.1 Å². The predicted molar refractivity (Wildman–Crippen MR) is 119 cm³/mol. The highest BCUT2D eigenvalue weighted by Crippen LogP contribution is 2.26. The van der Waals surface area contributed by atoms with Crippen LogP contribution in [0.1, 0.15) is 43.1 Å². The summed E-state index contributed by atoms with van der Waals surface area (Å²) in [4.78, 5) is 12.4. The van der Waals surface area contributed by atoms with Crippen LogP contribution in [0.25, 0.3) is 0 Å². The number of carbonyl (C=O) groups excluding carboxylic acids is 1. The SMILES string of the molecule is CCCOc1ccc(C(=O)NC(=S)NCc2ccc(OC(C)C)cc2)cc1Br. The molecule has 1 amide bonds. The number of nitrogens with one attached hydrogen (secondary N) is 2. The lowest BCUT2D eigenvalue weighted by atomic mass is 10.2. The highest BCUT2D eigenvalue weighted by molar-refractivity contribution is 9.10. The van der Waals surface area contributed by atoms with Crippen molar-refractivity contribution in [2.75, 3.05) is 6.61 Å². The highest BCUT2D eigenvalue weighted by Gasteiger charge is 2.11. The molecule has 2 rings (SSSR count). The Morgan fingerprint density at radius 2 is 1.89 bits per heavy atom. The predicted octanol–water partition coefficient (Wildman–Crippen LogP) is 4.83. The van der Waals surface area contributed by atoms with Gasteiger partial charge in [-0.3, -0.25) is 10.1 Å². The minimum Gasteiger partial charge on any atom is -0.492 e. The highest BCUT2D eigenvalue weighted by atomic mass is 79.9. The van der Waals surface area contributed by atoms with Crippen molar-refractivity contribution in [2.45, 2.75) is 39.8 Å². The van der Waals surface area contributed by atoms with Crippen LogP contribution in [0.15, 0.2) is 46.9 Å². The van der Waals surface area contributed by atoms with Crippen LogP contribution in [-0.4, -0.2) is 23.7 Å². The molecule has 150 valence electrons. The number of halogens is 1. The molecule has 2 N–H and O–H groups in total. The quantitative estimate of drug-likeness (QED) is 0.547. The fourth-order valence-corrected chi connectivity index (χ4v) is 2.99. The van der Waals surface area contributed by atoms with E-state index in [0.29, 0.717) is 24.5 Å². The second-order valence-corrected chi connectivity index (χ2v) is 7.70. The lowest BCUT2D eigenvalue weighted by molar-refractivity contribution is 0.0976. The summed E-state index contributed by atoms with van der Waals surface area (Å²) in [7, 11) is 0. The molecule has 0 spiro atoms. The maximum absolute atomic E-state index is 12.4. The number of benzene rings is 2. The topological polar surface area (TPSA) is 59.6 Å². The first-order valence-corrected chi connectivity index (χ1v) is 10.4. The minimum absolute atomic E-state index is 0.138. The largest absolute Gasteiger partial charge is 0.492 e. The molecule has 0 fully saturated rings. The summed E-state index contributed by atoms with van der Waals surface area (Å²) >= 11 is 8.65. The van der Waals surface area contributed by atoms with Gasteiger partial charge >= 0.3 is 0 Å².